The van der Waals surface area contributed by atoms with Crippen LogP contribution in [-0.4, -0.2) is 53.5 Å². The summed E-state index contributed by atoms with van der Waals surface area (Å²) in [6, 6.07) is 11.0. The molecule has 1 aliphatic carbocycles. The molecule has 202 valence electrons. The Kier molecular flexibility index (Phi) is 8.62. The van der Waals surface area contributed by atoms with Gasteiger partial charge in [-0.3, -0.25) is 4.79 Å². The number of carboxylic acids is 1. The highest BCUT2D eigenvalue weighted by Gasteiger charge is 2.31. The first-order valence-electron chi connectivity index (χ1n) is 12.7. The number of hydrogen-bond donors (Lipinski definition) is 3. The van der Waals surface area contributed by atoms with Crippen molar-refractivity contribution in [1.82, 2.24) is 15.0 Å². The summed E-state index contributed by atoms with van der Waals surface area (Å²) in [6.07, 6.45) is 3.77. The number of imidazole rings is 1. The zero-order valence-electron chi connectivity index (χ0n) is 21.8. The molecule has 0 spiro atoms. The van der Waals surface area contributed by atoms with Crippen LogP contribution in [0.4, 0.5) is 4.39 Å². The van der Waals surface area contributed by atoms with Gasteiger partial charge in [-0.15, -0.1) is 0 Å². The van der Waals surface area contributed by atoms with Crippen LogP contribution in [0.2, 0.25) is 0 Å². The van der Waals surface area contributed by atoms with Crippen LogP contribution in [-0.2, 0) is 11.3 Å². The second kappa shape index (κ2) is 12.1. The van der Waals surface area contributed by atoms with Crippen LogP contribution in [0.25, 0.3) is 11.3 Å². The van der Waals surface area contributed by atoms with Crippen LogP contribution in [0.15, 0.2) is 42.5 Å². The minimum atomic E-state index is -1.06. The summed E-state index contributed by atoms with van der Waals surface area (Å²) in [7, 11) is 3.14. The fourth-order valence-corrected chi connectivity index (χ4v) is 4.90. The summed E-state index contributed by atoms with van der Waals surface area (Å²) < 4.78 is 25.9. The van der Waals surface area contributed by atoms with Crippen molar-refractivity contribution in [3.05, 3.63) is 70.9 Å². The minimum absolute atomic E-state index is 0.0926. The Balaban J connectivity index is 1.55. The quantitative estimate of drug-likeness (QED) is 0.356. The predicted molar refractivity (Wildman–Crippen MR) is 141 cm³/mol. The van der Waals surface area contributed by atoms with E-state index in [1.165, 1.54) is 19.2 Å². The lowest BCUT2D eigenvalue weighted by molar-refractivity contribution is 0.0643. The Bertz CT molecular complexity index is 1280. The third kappa shape index (κ3) is 5.80. The summed E-state index contributed by atoms with van der Waals surface area (Å²) in [6.45, 7) is 2.66. The molecule has 0 aliphatic heterocycles. The van der Waals surface area contributed by atoms with Crippen molar-refractivity contribution in [3.8, 4) is 17.0 Å². The number of nitrogens with zero attached hydrogens (tertiary/aromatic N) is 2. The average molecular weight is 525 g/mol. The van der Waals surface area contributed by atoms with E-state index >= 15 is 0 Å². The largest absolute Gasteiger partial charge is 0.496 e. The highest BCUT2D eigenvalue weighted by atomic mass is 19.1. The van der Waals surface area contributed by atoms with Gasteiger partial charge in [-0.2, -0.15) is 0 Å². The molecule has 1 heterocycles. The third-order valence-electron chi connectivity index (χ3n) is 6.88. The number of hydrogen-bond acceptors (Lipinski definition) is 6. The smallest absolute Gasteiger partial charge is 0.356 e. The van der Waals surface area contributed by atoms with E-state index in [-0.39, 0.29) is 35.6 Å². The molecule has 1 aliphatic rings. The molecule has 0 atom stereocenters. The number of carbonyl (C=O) groups is 2. The third-order valence-corrected chi connectivity index (χ3v) is 6.88. The number of halogens is 1. The van der Waals surface area contributed by atoms with Gasteiger partial charge in [0.2, 0.25) is 0 Å². The molecule has 1 amide bonds. The summed E-state index contributed by atoms with van der Waals surface area (Å²) in [5, 5.41) is 12.9. The highest BCUT2D eigenvalue weighted by molar-refractivity contribution is 5.97. The Morgan fingerprint density at radius 2 is 1.82 bits per heavy atom. The summed E-state index contributed by atoms with van der Waals surface area (Å²) >= 11 is 0. The molecule has 2 aromatic carbocycles. The van der Waals surface area contributed by atoms with E-state index in [0.29, 0.717) is 23.6 Å². The van der Waals surface area contributed by atoms with Crippen LogP contribution >= 0.6 is 0 Å². The Morgan fingerprint density at radius 1 is 1.11 bits per heavy atom. The van der Waals surface area contributed by atoms with Crippen LogP contribution in [0, 0.1) is 5.82 Å². The molecule has 0 unspecified atom stereocenters. The Hall–Kier alpha value is -3.92. The maximum absolute atomic E-state index is 13.6. The number of methoxy groups -OCH3 is 2. The highest BCUT2D eigenvalue weighted by Crippen LogP contribution is 2.36. The van der Waals surface area contributed by atoms with Crippen molar-refractivity contribution in [3.63, 3.8) is 0 Å². The zero-order chi connectivity index (χ0) is 27.2. The number of benzene rings is 2. The number of aromatic nitrogens is 2. The molecule has 3 N–H and O–H groups in total. The van der Waals surface area contributed by atoms with Gasteiger partial charge < -0.3 is 25.3 Å². The molecule has 3 aromatic rings. The van der Waals surface area contributed by atoms with Gasteiger partial charge in [0.25, 0.3) is 5.91 Å². The van der Waals surface area contributed by atoms with E-state index in [4.69, 9.17) is 14.5 Å². The first kappa shape index (κ1) is 27.1. The first-order chi connectivity index (χ1) is 18.4. The topological polar surface area (TPSA) is 115 Å². The number of ether oxygens (including phenoxy) is 2. The van der Waals surface area contributed by atoms with Crippen molar-refractivity contribution in [2.24, 2.45) is 0 Å². The molecule has 1 aromatic heterocycles. The molecule has 9 nitrogen and oxygen atoms in total. The van der Waals surface area contributed by atoms with Crippen molar-refractivity contribution >= 4 is 11.9 Å². The number of rotatable bonds is 10. The molecule has 1 saturated carbocycles. The number of nitrogens with one attached hydrogen (secondary N) is 2. The molecule has 38 heavy (non-hydrogen) atoms. The fourth-order valence-electron chi connectivity index (χ4n) is 4.90. The fraction of sp³-hybridized carbons (Fsp3) is 0.393. The lowest BCUT2D eigenvalue weighted by Crippen LogP contribution is -2.26. The number of amides is 1. The maximum atomic E-state index is 13.6. The lowest BCUT2D eigenvalue weighted by Gasteiger charge is -2.27. The lowest BCUT2D eigenvalue weighted by atomic mass is 9.87. The van der Waals surface area contributed by atoms with Crippen LogP contribution in [0.3, 0.4) is 0 Å². The standard InChI is InChI=1S/C28H33FN4O5/c1-4-31-33-25(28(35)36)24(32-26(33)19-9-12-21(37-2)13-10-19)18-7-5-17(6-8-18)16-30-27(34)22-15-20(29)11-14-23(22)38-3/h5-8,11,14-15,19,21,31H,4,9-10,12-13,16H2,1-3H3,(H,30,34)(H,35,36). The van der Waals surface area contributed by atoms with Crippen molar-refractivity contribution in [2.45, 2.75) is 51.2 Å². The molecular formula is C28H33FN4O5. The normalized spacial score (nSPS) is 17.2. The van der Waals surface area contributed by atoms with Gasteiger partial charge in [0.05, 0.1) is 18.8 Å². The second-order valence-electron chi connectivity index (χ2n) is 9.25. The number of carboxylic acid groups (broad SMARTS) is 1. The van der Waals surface area contributed by atoms with Gasteiger partial charge in [-0.05, 0) is 56.4 Å². The Labute approximate surface area is 221 Å². The molecular weight excluding hydrogens is 491 g/mol. The van der Waals surface area contributed by atoms with E-state index in [1.54, 1.807) is 36.1 Å². The molecule has 0 radical (unpaired) electrons. The predicted octanol–water partition coefficient (Wildman–Crippen LogP) is 4.56. The zero-order valence-corrected chi connectivity index (χ0v) is 21.8. The van der Waals surface area contributed by atoms with Gasteiger partial charge in [0.15, 0.2) is 5.69 Å². The molecule has 0 bridgehead atoms. The minimum Gasteiger partial charge on any atom is -0.496 e. The molecule has 0 saturated heterocycles. The van der Waals surface area contributed by atoms with Gasteiger partial charge >= 0.3 is 5.97 Å². The van der Waals surface area contributed by atoms with Crippen molar-refractivity contribution in [2.75, 3.05) is 26.2 Å². The SMILES string of the molecule is CCNn1c(C2CCC(OC)CC2)nc(-c2ccc(CNC(=O)c3cc(F)ccc3OC)cc2)c1C(=O)O. The van der Waals surface area contributed by atoms with Gasteiger partial charge in [-0.1, -0.05) is 24.3 Å². The molecule has 4 rings (SSSR count). The Morgan fingerprint density at radius 3 is 2.42 bits per heavy atom. The number of carbonyl (C=O) groups excluding carboxylic acids is 1. The van der Waals surface area contributed by atoms with Crippen molar-refractivity contribution in [1.29, 1.82) is 0 Å². The molecule has 10 heteroatoms. The first-order valence-corrected chi connectivity index (χ1v) is 12.7. The van der Waals surface area contributed by atoms with Crippen LogP contribution in [0.1, 0.15) is 70.8 Å². The summed E-state index contributed by atoms with van der Waals surface area (Å²) in [5.41, 5.74) is 5.21. The monoisotopic (exact) mass is 524 g/mol. The number of aromatic carboxylic acids is 1. The van der Waals surface area contributed by atoms with E-state index in [1.807, 2.05) is 6.92 Å². The van der Waals surface area contributed by atoms with E-state index in [9.17, 15) is 19.1 Å². The summed E-state index contributed by atoms with van der Waals surface area (Å²) in [5.74, 6) is -0.932. The van der Waals surface area contributed by atoms with Crippen molar-refractivity contribution < 1.29 is 28.6 Å². The van der Waals surface area contributed by atoms with E-state index in [2.05, 4.69) is 10.7 Å². The van der Waals surface area contributed by atoms with Crippen LogP contribution < -0.4 is 15.5 Å². The van der Waals surface area contributed by atoms with Gasteiger partial charge in [0, 0.05) is 31.7 Å². The van der Waals surface area contributed by atoms with Crippen LogP contribution in [0.5, 0.6) is 5.75 Å². The molecule has 1 fully saturated rings. The average Bonchev–Trinajstić information content (AvgIpc) is 3.31. The van der Waals surface area contributed by atoms with Gasteiger partial charge in [-0.25, -0.2) is 18.8 Å². The van der Waals surface area contributed by atoms with Gasteiger partial charge in [0.1, 0.15) is 23.1 Å². The van der Waals surface area contributed by atoms with E-state index in [0.717, 1.165) is 37.3 Å². The van der Waals surface area contributed by atoms with E-state index < -0.39 is 17.7 Å². The summed E-state index contributed by atoms with van der Waals surface area (Å²) in [4.78, 5) is 29.8. The second-order valence-corrected chi connectivity index (χ2v) is 9.25. The maximum Gasteiger partial charge on any atom is 0.356 e.